The van der Waals surface area contributed by atoms with Gasteiger partial charge < -0.3 is 0 Å². The van der Waals surface area contributed by atoms with Crippen LogP contribution < -0.4 is 0 Å². The van der Waals surface area contributed by atoms with E-state index in [0.717, 1.165) is 16.1 Å². The second kappa shape index (κ2) is 6.74. The normalized spacial score (nSPS) is 10.3. The Morgan fingerprint density at radius 1 is 1.23 bits per heavy atom. The molecule has 0 amide bonds. The third-order valence-electron chi connectivity index (χ3n) is 1.62. The van der Waals surface area contributed by atoms with Crippen LogP contribution in [0.4, 0.5) is 0 Å². The van der Waals surface area contributed by atoms with Crippen LogP contribution in [0.2, 0.25) is 5.02 Å². The van der Waals surface area contributed by atoms with E-state index in [9.17, 15) is 0 Å². The van der Waals surface area contributed by atoms with Crippen molar-refractivity contribution in [2.45, 2.75) is 17.7 Å². The van der Waals surface area contributed by atoms with Gasteiger partial charge in [-0.3, -0.25) is 0 Å². The molecule has 0 radical (unpaired) electrons. The van der Waals surface area contributed by atoms with Crippen molar-refractivity contribution in [2.75, 3.05) is 11.1 Å². The lowest BCUT2D eigenvalue weighted by atomic mass is 10.4. The number of unbranched alkanes of at least 4 members (excludes halogenated alkanes) is 1. The van der Waals surface area contributed by atoms with E-state index in [-0.39, 0.29) is 0 Å². The summed E-state index contributed by atoms with van der Waals surface area (Å²) in [5.74, 6) is 1.15. The first-order valence-electron chi connectivity index (χ1n) is 4.28. The molecule has 1 rings (SSSR count). The number of hydrogen-bond donors (Lipinski definition) is 0. The van der Waals surface area contributed by atoms with E-state index in [2.05, 4.69) is 22.0 Å². The summed E-state index contributed by atoms with van der Waals surface area (Å²) in [6.45, 7) is 0. The van der Waals surface area contributed by atoms with Crippen molar-refractivity contribution in [1.82, 2.24) is 0 Å². The molecule has 0 nitrogen and oxygen atoms in total. The van der Waals surface area contributed by atoms with Crippen LogP contribution >= 0.6 is 39.3 Å². The molecule has 0 heterocycles. The fraction of sp³-hybridized carbons (Fsp3) is 0.400. The van der Waals surface area contributed by atoms with Gasteiger partial charge in [-0.1, -0.05) is 39.7 Å². The molecule has 1 aromatic carbocycles. The summed E-state index contributed by atoms with van der Waals surface area (Å²) in [6.07, 6.45) is 2.47. The molecular formula is C10H12BrClS. The maximum atomic E-state index is 6.01. The summed E-state index contributed by atoms with van der Waals surface area (Å²) < 4.78 is 0. The lowest BCUT2D eigenvalue weighted by Gasteiger charge is -2.02. The summed E-state index contributed by atoms with van der Waals surface area (Å²) in [6, 6.07) is 8.00. The van der Waals surface area contributed by atoms with Crippen LogP contribution in [0.3, 0.4) is 0 Å². The van der Waals surface area contributed by atoms with Crippen molar-refractivity contribution in [3.8, 4) is 0 Å². The summed E-state index contributed by atoms with van der Waals surface area (Å²) in [7, 11) is 0. The Balaban J connectivity index is 2.32. The quantitative estimate of drug-likeness (QED) is 0.431. The van der Waals surface area contributed by atoms with Gasteiger partial charge in [0.05, 0.1) is 5.02 Å². The first kappa shape index (κ1) is 11.4. The average molecular weight is 280 g/mol. The molecule has 0 bridgehead atoms. The molecule has 1 aromatic rings. The topological polar surface area (TPSA) is 0 Å². The highest BCUT2D eigenvalue weighted by atomic mass is 79.9. The van der Waals surface area contributed by atoms with Gasteiger partial charge in [0.2, 0.25) is 0 Å². The molecule has 0 unspecified atom stereocenters. The van der Waals surface area contributed by atoms with Gasteiger partial charge in [-0.15, -0.1) is 11.8 Å². The van der Waals surface area contributed by atoms with Gasteiger partial charge >= 0.3 is 0 Å². The Morgan fingerprint density at radius 2 is 2.00 bits per heavy atom. The smallest absolute Gasteiger partial charge is 0.0541 e. The average Bonchev–Trinajstić information content (AvgIpc) is 2.15. The molecule has 0 saturated heterocycles. The number of thioether (sulfide) groups is 1. The van der Waals surface area contributed by atoms with Crippen LogP contribution in [0, 0.1) is 0 Å². The predicted molar refractivity (Wildman–Crippen MR) is 65.2 cm³/mol. The molecule has 3 heteroatoms. The van der Waals surface area contributed by atoms with E-state index in [1.807, 2.05) is 30.0 Å². The highest BCUT2D eigenvalue weighted by Gasteiger charge is 1.98. The second-order valence-corrected chi connectivity index (χ2v) is 5.01. The maximum Gasteiger partial charge on any atom is 0.0541 e. The summed E-state index contributed by atoms with van der Waals surface area (Å²) >= 11 is 11.3. The van der Waals surface area contributed by atoms with Crippen molar-refractivity contribution in [2.24, 2.45) is 0 Å². The SMILES string of the molecule is Clc1ccccc1SCCCCBr. The molecule has 0 aliphatic heterocycles. The fourth-order valence-electron chi connectivity index (χ4n) is 0.940. The molecule has 0 aromatic heterocycles. The molecule has 72 valence electrons. The highest BCUT2D eigenvalue weighted by Crippen LogP contribution is 2.27. The van der Waals surface area contributed by atoms with E-state index in [4.69, 9.17) is 11.6 Å². The Hall–Kier alpha value is 0.340. The third-order valence-corrected chi connectivity index (χ3v) is 3.78. The molecule has 0 spiro atoms. The summed E-state index contributed by atoms with van der Waals surface area (Å²) in [5, 5.41) is 1.96. The van der Waals surface area contributed by atoms with Gasteiger partial charge in [0.15, 0.2) is 0 Å². The summed E-state index contributed by atoms with van der Waals surface area (Å²) in [4.78, 5) is 1.19. The third kappa shape index (κ3) is 4.39. The standard InChI is InChI=1S/C10H12BrClS/c11-7-3-4-8-13-10-6-2-1-5-9(10)12/h1-2,5-6H,3-4,7-8H2. The van der Waals surface area contributed by atoms with E-state index in [1.165, 1.54) is 17.7 Å². The first-order chi connectivity index (χ1) is 6.34. The lowest BCUT2D eigenvalue weighted by molar-refractivity contribution is 0.913. The molecule has 0 saturated carbocycles. The highest BCUT2D eigenvalue weighted by molar-refractivity contribution is 9.09. The molecule has 0 fully saturated rings. The monoisotopic (exact) mass is 278 g/mol. The lowest BCUT2D eigenvalue weighted by Crippen LogP contribution is -1.82. The van der Waals surface area contributed by atoms with Gasteiger partial charge in [-0.25, -0.2) is 0 Å². The van der Waals surface area contributed by atoms with Crippen LogP contribution in [-0.4, -0.2) is 11.1 Å². The Bertz CT molecular complexity index is 252. The molecule has 0 N–H and O–H groups in total. The van der Waals surface area contributed by atoms with Crippen LogP contribution in [0.1, 0.15) is 12.8 Å². The van der Waals surface area contributed by atoms with Crippen molar-refractivity contribution < 1.29 is 0 Å². The van der Waals surface area contributed by atoms with Gasteiger partial charge in [-0.05, 0) is 30.7 Å². The minimum Gasteiger partial charge on any atom is -0.125 e. The molecular weight excluding hydrogens is 268 g/mol. The Labute approximate surface area is 97.2 Å². The first-order valence-corrected chi connectivity index (χ1v) is 6.76. The fourth-order valence-corrected chi connectivity index (χ4v) is 2.59. The van der Waals surface area contributed by atoms with Gasteiger partial charge in [0.1, 0.15) is 0 Å². The zero-order valence-corrected chi connectivity index (χ0v) is 10.5. The number of benzene rings is 1. The van der Waals surface area contributed by atoms with Crippen LogP contribution in [0.25, 0.3) is 0 Å². The van der Waals surface area contributed by atoms with Crippen LogP contribution in [0.15, 0.2) is 29.2 Å². The molecule has 0 atom stereocenters. The Kier molecular flexibility index (Phi) is 5.92. The predicted octanol–water partition coefficient (Wildman–Crippen LogP) is 4.61. The van der Waals surface area contributed by atoms with Crippen LogP contribution in [-0.2, 0) is 0 Å². The van der Waals surface area contributed by atoms with E-state index in [0.29, 0.717) is 0 Å². The second-order valence-electron chi connectivity index (χ2n) is 2.67. The Morgan fingerprint density at radius 3 is 2.69 bits per heavy atom. The zero-order valence-electron chi connectivity index (χ0n) is 7.30. The van der Waals surface area contributed by atoms with E-state index < -0.39 is 0 Å². The number of rotatable bonds is 5. The van der Waals surface area contributed by atoms with Gasteiger partial charge in [0.25, 0.3) is 0 Å². The zero-order chi connectivity index (χ0) is 9.52. The van der Waals surface area contributed by atoms with Crippen LogP contribution in [0.5, 0.6) is 0 Å². The van der Waals surface area contributed by atoms with Crippen molar-refractivity contribution in [1.29, 1.82) is 0 Å². The largest absolute Gasteiger partial charge is 0.125 e. The number of halogens is 2. The van der Waals surface area contributed by atoms with Gasteiger partial charge in [-0.2, -0.15) is 0 Å². The number of hydrogen-bond acceptors (Lipinski definition) is 1. The van der Waals surface area contributed by atoms with E-state index >= 15 is 0 Å². The molecule has 0 aliphatic rings. The van der Waals surface area contributed by atoms with E-state index in [1.54, 1.807) is 0 Å². The van der Waals surface area contributed by atoms with Gasteiger partial charge in [0, 0.05) is 10.2 Å². The maximum absolute atomic E-state index is 6.01. The van der Waals surface area contributed by atoms with Crippen molar-refractivity contribution in [3.05, 3.63) is 29.3 Å². The van der Waals surface area contributed by atoms with Crippen molar-refractivity contribution in [3.63, 3.8) is 0 Å². The minimum atomic E-state index is 0.867. The number of alkyl halides is 1. The molecule has 0 aliphatic carbocycles. The van der Waals surface area contributed by atoms with Crippen molar-refractivity contribution >= 4 is 39.3 Å². The minimum absolute atomic E-state index is 0.867. The molecule has 13 heavy (non-hydrogen) atoms. The summed E-state index contributed by atoms with van der Waals surface area (Å²) in [5.41, 5.74) is 0.